The van der Waals surface area contributed by atoms with E-state index in [1.807, 2.05) is 0 Å². The molecule has 0 spiro atoms. The van der Waals surface area contributed by atoms with Crippen molar-refractivity contribution in [3.05, 3.63) is 0 Å². The summed E-state index contributed by atoms with van der Waals surface area (Å²) < 4.78 is 31.7. The summed E-state index contributed by atoms with van der Waals surface area (Å²) in [4.78, 5) is 0. The number of hydrogen-bond acceptors (Lipinski definition) is 3. The number of hydrogen-bond donors (Lipinski definition) is 1. The van der Waals surface area contributed by atoms with Gasteiger partial charge in [0.05, 0.1) is 5.75 Å². The SMILES string of the molecule is Cl.NC1(CS(=O)(=O)F)CC1. The highest BCUT2D eigenvalue weighted by Crippen LogP contribution is 2.33. The fourth-order valence-corrected chi connectivity index (χ4v) is 1.62. The summed E-state index contributed by atoms with van der Waals surface area (Å²) in [7, 11) is -4.34. The van der Waals surface area contributed by atoms with Crippen molar-refractivity contribution in [3.8, 4) is 0 Å². The van der Waals surface area contributed by atoms with E-state index in [4.69, 9.17) is 5.73 Å². The van der Waals surface area contributed by atoms with Crippen LogP contribution in [0.4, 0.5) is 3.89 Å². The summed E-state index contributed by atoms with van der Waals surface area (Å²) in [6.07, 6.45) is 1.24. The Morgan fingerprint density at radius 1 is 1.50 bits per heavy atom. The molecule has 0 aromatic heterocycles. The van der Waals surface area contributed by atoms with Crippen LogP contribution in [0.3, 0.4) is 0 Å². The Bertz CT molecular complexity index is 211. The van der Waals surface area contributed by atoms with Gasteiger partial charge in [-0.3, -0.25) is 0 Å². The van der Waals surface area contributed by atoms with Gasteiger partial charge in [-0.25, -0.2) is 0 Å². The quantitative estimate of drug-likeness (QED) is 0.632. The van der Waals surface area contributed by atoms with E-state index >= 15 is 0 Å². The minimum Gasteiger partial charge on any atom is -0.324 e. The molecular formula is C4H9ClFNO2S. The maximum absolute atomic E-state index is 11.8. The first-order valence-corrected chi connectivity index (χ1v) is 4.18. The first-order chi connectivity index (χ1) is 3.91. The monoisotopic (exact) mass is 189 g/mol. The van der Waals surface area contributed by atoms with Gasteiger partial charge in [0, 0.05) is 5.54 Å². The van der Waals surface area contributed by atoms with Gasteiger partial charge < -0.3 is 5.73 Å². The van der Waals surface area contributed by atoms with Gasteiger partial charge in [-0.2, -0.15) is 8.42 Å². The molecule has 2 N–H and O–H groups in total. The maximum Gasteiger partial charge on any atom is 0.304 e. The molecule has 1 aliphatic rings. The molecule has 62 valence electrons. The third-order valence-corrected chi connectivity index (χ3v) is 2.27. The summed E-state index contributed by atoms with van der Waals surface area (Å²) in [5.41, 5.74) is 4.58. The first kappa shape index (κ1) is 10.1. The molecule has 0 amide bonds. The third-order valence-electron chi connectivity index (χ3n) is 1.35. The highest BCUT2D eigenvalue weighted by molar-refractivity contribution is 7.86. The summed E-state index contributed by atoms with van der Waals surface area (Å²) in [5, 5.41) is 0. The molecule has 0 bridgehead atoms. The molecule has 0 aromatic carbocycles. The van der Waals surface area contributed by atoms with Crippen molar-refractivity contribution in [3.63, 3.8) is 0 Å². The fraction of sp³-hybridized carbons (Fsp3) is 1.00. The predicted octanol–water partition coefficient (Wildman–Crippen LogP) is 0.199. The summed E-state index contributed by atoms with van der Waals surface area (Å²) >= 11 is 0. The minimum absolute atomic E-state index is 0. The molecule has 0 atom stereocenters. The number of halogens is 2. The molecule has 1 fully saturated rings. The average Bonchev–Trinajstić information content (AvgIpc) is 2.12. The van der Waals surface area contributed by atoms with Gasteiger partial charge in [0.1, 0.15) is 0 Å². The van der Waals surface area contributed by atoms with Crippen LogP contribution in [-0.4, -0.2) is 19.7 Å². The maximum atomic E-state index is 11.8. The van der Waals surface area contributed by atoms with E-state index in [-0.39, 0.29) is 12.4 Å². The van der Waals surface area contributed by atoms with Crippen molar-refractivity contribution < 1.29 is 12.3 Å². The highest BCUT2D eigenvalue weighted by Gasteiger charge is 2.42. The van der Waals surface area contributed by atoms with Crippen LogP contribution < -0.4 is 5.73 Å². The smallest absolute Gasteiger partial charge is 0.304 e. The lowest BCUT2D eigenvalue weighted by atomic mass is 10.4. The van der Waals surface area contributed by atoms with Crippen LogP contribution in [0.25, 0.3) is 0 Å². The van der Waals surface area contributed by atoms with Crippen molar-refractivity contribution in [2.24, 2.45) is 5.73 Å². The van der Waals surface area contributed by atoms with Crippen LogP contribution in [0.15, 0.2) is 0 Å². The van der Waals surface area contributed by atoms with E-state index in [1.54, 1.807) is 0 Å². The Balaban J connectivity index is 0.000000810. The second kappa shape index (κ2) is 2.64. The van der Waals surface area contributed by atoms with Crippen LogP contribution in [0, 0.1) is 0 Å². The molecule has 0 saturated heterocycles. The molecule has 0 radical (unpaired) electrons. The van der Waals surface area contributed by atoms with Gasteiger partial charge in [0.2, 0.25) is 0 Å². The van der Waals surface area contributed by atoms with E-state index in [2.05, 4.69) is 0 Å². The lowest BCUT2D eigenvalue weighted by Crippen LogP contribution is -2.29. The zero-order valence-electron chi connectivity index (χ0n) is 5.21. The second-order valence-electron chi connectivity index (χ2n) is 2.55. The van der Waals surface area contributed by atoms with Gasteiger partial charge in [-0.1, -0.05) is 0 Å². The average molecular weight is 190 g/mol. The molecule has 1 aliphatic carbocycles. The van der Waals surface area contributed by atoms with Crippen LogP contribution in [0.5, 0.6) is 0 Å². The predicted molar refractivity (Wildman–Crippen MR) is 38.3 cm³/mol. The van der Waals surface area contributed by atoms with E-state index < -0.39 is 21.5 Å². The number of nitrogens with two attached hydrogens (primary N) is 1. The van der Waals surface area contributed by atoms with Crippen LogP contribution in [0.1, 0.15) is 12.8 Å². The first-order valence-electron chi connectivity index (χ1n) is 2.63. The van der Waals surface area contributed by atoms with Crippen molar-refractivity contribution in [2.75, 3.05) is 5.75 Å². The summed E-state index contributed by atoms with van der Waals surface area (Å²) in [5.74, 6) is -0.514. The topological polar surface area (TPSA) is 60.2 Å². The number of rotatable bonds is 2. The lowest BCUT2D eigenvalue weighted by Gasteiger charge is -2.01. The van der Waals surface area contributed by atoms with E-state index in [1.165, 1.54) is 0 Å². The molecule has 0 aromatic rings. The van der Waals surface area contributed by atoms with Crippen molar-refractivity contribution in [1.82, 2.24) is 0 Å². The Kier molecular flexibility index (Phi) is 2.67. The van der Waals surface area contributed by atoms with Gasteiger partial charge in [0.25, 0.3) is 0 Å². The zero-order valence-corrected chi connectivity index (χ0v) is 6.84. The Morgan fingerprint density at radius 3 is 2.00 bits per heavy atom. The van der Waals surface area contributed by atoms with Gasteiger partial charge in [0.15, 0.2) is 0 Å². The van der Waals surface area contributed by atoms with Crippen molar-refractivity contribution >= 4 is 22.6 Å². The lowest BCUT2D eigenvalue weighted by molar-refractivity contribution is 0.541. The highest BCUT2D eigenvalue weighted by atomic mass is 35.5. The normalized spacial score (nSPS) is 21.4. The molecule has 1 rings (SSSR count). The zero-order chi connectivity index (χ0) is 7.12. The Hall–Kier alpha value is 0.130. The van der Waals surface area contributed by atoms with E-state index in [0.717, 1.165) is 0 Å². The third kappa shape index (κ3) is 3.34. The van der Waals surface area contributed by atoms with Gasteiger partial charge in [-0.15, -0.1) is 16.3 Å². The minimum atomic E-state index is -4.34. The molecular weight excluding hydrogens is 181 g/mol. The van der Waals surface area contributed by atoms with Crippen LogP contribution in [-0.2, 0) is 10.2 Å². The van der Waals surface area contributed by atoms with Crippen LogP contribution >= 0.6 is 12.4 Å². The van der Waals surface area contributed by atoms with Crippen LogP contribution in [0.2, 0.25) is 0 Å². The standard InChI is InChI=1S/C4H8FNO2S.ClH/c5-9(7,8)3-4(6)1-2-4;/h1-3,6H2;1H. The molecule has 10 heavy (non-hydrogen) atoms. The van der Waals surface area contributed by atoms with Gasteiger partial charge in [-0.05, 0) is 12.8 Å². The summed E-state index contributed by atoms with van der Waals surface area (Å²) in [6, 6.07) is 0. The Labute approximate surface area is 65.4 Å². The van der Waals surface area contributed by atoms with E-state index in [0.29, 0.717) is 12.8 Å². The largest absolute Gasteiger partial charge is 0.324 e. The van der Waals surface area contributed by atoms with Gasteiger partial charge >= 0.3 is 10.2 Å². The molecule has 6 heteroatoms. The Morgan fingerprint density at radius 2 is 1.90 bits per heavy atom. The summed E-state index contributed by atoms with van der Waals surface area (Å²) in [6.45, 7) is 0. The molecule has 1 saturated carbocycles. The van der Waals surface area contributed by atoms with Crippen molar-refractivity contribution in [2.45, 2.75) is 18.4 Å². The van der Waals surface area contributed by atoms with Crippen molar-refractivity contribution in [1.29, 1.82) is 0 Å². The second-order valence-corrected chi connectivity index (χ2v) is 3.91. The molecule has 3 nitrogen and oxygen atoms in total. The molecule has 0 heterocycles. The fourth-order valence-electron chi connectivity index (χ4n) is 0.648. The molecule has 0 unspecified atom stereocenters. The molecule has 0 aliphatic heterocycles. The van der Waals surface area contributed by atoms with E-state index in [9.17, 15) is 12.3 Å².